The number of nitrogens with two attached hydrogens (primary N) is 1. The normalized spacial score (nSPS) is 9.89. The zero-order valence-corrected chi connectivity index (χ0v) is 10.2. The summed E-state index contributed by atoms with van der Waals surface area (Å²) in [6.07, 6.45) is 0.0549. The van der Waals surface area contributed by atoms with Crippen molar-refractivity contribution >= 4 is 17.6 Å². The Balaban J connectivity index is 2.00. The Hall–Kier alpha value is -2.62. The highest BCUT2D eigenvalue weighted by Crippen LogP contribution is 2.12. The molecule has 0 aliphatic carbocycles. The van der Waals surface area contributed by atoms with Crippen LogP contribution >= 0.6 is 0 Å². The molecule has 19 heavy (non-hydrogen) atoms. The van der Waals surface area contributed by atoms with Crippen molar-refractivity contribution in [2.24, 2.45) is 0 Å². The van der Waals surface area contributed by atoms with Crippen LogP contribution in [0.3, 0.4) is 0 Å². The molecule has 0 saturated carbocycles. The van der Waals surface area contributed by atoms with Gasteiger partial charge in [0, 0.05) is 5.69 Å². The van der Waals surface area contributed by atoms with Gasteiger partial charge >= 0.3 is 11.9 Å². The maximum atomic E-state index is 11.7. The topological polar surface area (TPSA) is 69.4 Å². The van der Waals surface area contributed by atoms with Gasteiger partial charge in [0.2, 0.25) is 0 Å². The number of esters is 2. The fourth-order valence-electron chi connectivity index (χ4n) is 1.64. The third kappa shape index (κ3) is 3.42. The number of anilines is 1. The highest BCUT2D eigenvalue weighted by Gasteiger charge is 2.15. The summed E-state index contributed by atoms with van der Waals surface area (Å²) in [6.45, 7) is 0. The van der Waals surface area contributed by atoms with E-state index in [9.17, 15) is 9.59 Å². The minimum absolute atomic E-state index is 0.0549. The molecule has 0 fully saturated rings. The average molecular weight is 255 g/mol. The van der Waals surface area contributed by atoms with E-state index in [-0.39, 0.29) is 12.0 Å². The molecule has 0 radical (unpaired) electrons. The van der Waals surface area contributed by atoms with Crippen molar-refractivity contribution in [3.63, 3.8) is 0 Å². The second-order valence-corrected chi connectivity index (χ2v) is 4.01. The summed E-state index contributed by atoms with van der Waals surface area (Å²) >= 11 is 0. The molecular formula is C15H13NO3. The average Bonchev–Trinajstić information content (AvgIpc) is 2.40. The first-order chi connectivity index (χ1) is 9.16. The standard InChI is InChI=1S/C15H13NO3/c16-13-9-5-4-8-12(13)15(18)19-14(17)10-11-6-2-1-3-7-11/h1-9H,10,16H2. The summed E-state index contributed by atoms with van der Waals surface area (Å²) in [7, 11) is 0. The number of carbonyl (C=O) groups excluding carboxylic acids is 2. The van der Waals surface area contributed by atoms with Gasteiger partial charge in [0.1, 0.15) is 0 Å². The third-order valence-electron chi connectivity index (χ3n) is 2.58. The van der Waals surface area contributed by atoms with E-state index in [2.05, 4.69) is 0 Å². The van der Waals surface area contributed by atoms with Crippen LogP contribution in [0.15, 0.2) is 54.6 Å². The van der Waals surface area contributed by atoms with Crippen molar-refractivity contribution in [2.45, 2.75) is 6.42 Å². The molecule has 2 N–H and O–H groups in total. The molecule has 0 unspecified atom stereocenters. The van der Waals surface area contributed by atoms with Gasteiger partial charge in [-0.15, -0.1) is 0 Å². The molecule has 2 aromatic carbocycles. The van der Waals surface area contributed by atoms with E-state index in [0.29, 0.717) is 5.69 Å². The quantitative estimate of drug-likeness (QED) is 0.518. The summed E-state index contributed by atoms with van der Waals surface area (Å²) in [6, 6.07) is 15.5. The number of para-hydroxylation sites is 1. The van der Waals surface area contributed by atoms with Crippen molar-refractivity contribution in [2.75, 3.05) is 5.73 Å². The van der Waals surface area contributed by atoms with Crippen molar-refractivity contribution < 1.29 is 14.3 Å². The summed E-state index contributed by atoms with van der Waals surface area (Å²) in [4.78, 5) is 23.4. The first kappa shape index (κ1) is 12.8. The fourth-order valence-corrected chi connectivity index (χ4v) is 1.64. The van der Waals surface area contributed by atoms with Gasteiger partial charge in [-0.1, -0.05) is 42.5 Å². The van der Waals surface area contributed by atoms with Gasteiger partial charge in [0.25, 0.3) is 0 Å². The first-order valence-corrected chi connectivity index (χ1v) is 5.80. The second kappa shape index (κ2) is 5.82. The van der Waals surface area contributed by atoms with E-state index < -0.39 is 11.9 Å². The maximum Gasteiger partial charge on any atom is 0.347 e. The van der Waals surface area contributed by atoms with Crippen molar-refractivity contribution in [3.05, 3.63) is 65.7 Å². The Morgan fingerprint density at radius 1 is 0.947 bits per heavy atom. The van der Waals surface area contributed by atoms with Gasteiger partial charge in [-0.3, -0.25) is 4.79 Å². The van der Waals surface area contributed by atoms with Crippen molar-refractivity contribution in [3.8, 4) is 0 Å². The van der Waals surface area contributed by atoms with Gasteiger partial charge in [-0.25, -0.2) is 4.79 Å². The maximum absolute atomic E-state index is 11.7. The molecule has 2 aromatic rings. The Morgan fingerprint density at radius 2 is 1.58 bits per heavy atom. The van der Waals surface area contributed by atoms with E-state index in [0.717, 1.165) is 5.56 Å². The molecule has 0 bridgehead atoms. The molecule has 0 amide bonds. The Kier molecular flexibility index (Phi) is 3.93. The van der Waals surface area contributed by atoms with Gasteiger partial charge in [-0.2, -0.15) is 0 Å². The van der Waals surface area contributed by atoms with E-state index in [1.165, 1.54) is 6.07 Å². The van der Waals surface area contributed by atoms with E-state index in [1.54, 1.807) is 30.3 Å². The minimum Gasteiger partial charge on any atom is -0.398 e. The second-order valence-electron chi connectivity index (χ2n) is 4.01. The molecular weight excluding hydrogens is 242 g/mol. The molecule has 0 saturated heterocycles. The van der Waals surface area contributed by atoms with Crippen LogP contribution in [-0.2, 0) is 16.0 Å². The number of rotatable bonds is 3. The fraction of sp³-hybridized carbons (Fsp3) is 0.0667. The number of ether oxygens (including phenoxy) is 1. The summed E-state index contributed by atoms with van der Waals surface area (Å²) < 4.78 is 4.76. The lowest BCUT2D eigenvalue weighted by molar-refractivity contribution is -0.137. The van der Waals surface area contributed by atoms with Crippen LogP contribution in [0.5, 0.6) is 0 Å². The first-order valence-electron chi connectivity index (χ1n) is 5.80. The minimum atomic E-state index is -0.723. The molecule has 0 spiro atoms. The summed E-state index contributed by atoms with van der Waals surface area (Å²) in [5.74, 6) is -1.32. The Morgan fingerprint density at radius 3 is 2.26 bits per heavy atom. The third-order valence-corrected chi connectivity index (χ3v) is 2.58. The molecule has 0 heterocycles. The number of benzene rings is 2. The predicted molar refractivity (Wildman–Crippen MR) is 71.4 cm³/mol. The van der Waals surface area contributed by atoms with Crippen LogP contribution < -0.4 is 5.73 Å². The van der Waals surface area contributed by atoms with Crippen LogP contribution in [0.1, 0.15) is 15.9 Å². The largest absolute Gasteiger partial charge is 0.398 e. The molecule has 96 valence electrons. The number of hydrogen-bond acceptors (Lipinski definition) is 4. The lowest BCUT2D eigenvalue weighted by Crippen LogP contribution is -2.15. The van der Waals surface area contributed by atoms with Gasteiger partial charge in [-0.05, 0) is 17.7 Å². The Bertz CT molecular complexity index is 593. The van der Waals surface area contributed by atoms with E-state index in [4.69, 9.17) is 10.5 Å². The zero-order chi connectivity index (χ0) is 13.7. The number of carbonyl (C=O) groups is 2. The van der Waals surface area contributed by atoms with Crippen LogP contribution in [-0.4, -0.2) is 11.9 Å². The Labute approximate surface area is 110 Å². The molecule has 0 aromatic heterocycles. The van der Waals surface area contributed by atoms with Crippen molar-refractivity contribution in [1.29, 1.82) is 0 Å². The van der Waals surface area contributed by atoms with Crippen LogP contribution in [0.2, 0.25) is 0 Å². The molecule has 0 aliphatic heterocycles. The highest BCUT2D eigenvalue weighted by atomic mass is 16.6. The molecule has 0 aliphatic rings. The molecule has 2 rings (SSSR count). The van der Waals surface area contributed by atoms with Crippen LogP contribution in [0.4, 0.5) is 5.69 Å². The number of hydrogen-bond donors (Lipinski definition) is 1. The SMILES string of the molecule is Nc1ccccc1C(=O)OC(=O)Cc1ccccc1. The zero-order valence-electron chi connectivity index (χ0n) is 10.2. The lowest BCUT2D eigenvalue weighted by atomic mass is 10.1. The lowest BCUT2D eigenvalue weighted by Gasteiger charge is -2.05. The summed E-state index contributed by atoms with van der Waals surface area (Å²) in [5.41, 5.74) is 6.92. The van der Waals surface area contributed by atoms with Crippen LogP contribution in [0.25, 0.3) is 0 Å². The highest BCUT2D eigenvalue weighted by molar-refractivity contribution is 6.00. The number of nitrogen functional groups attached to an aromatic ring is 1. The smallest absolute Gasteiger partial charge is 0.347 e. The molecule has 4 heteroatoms. The van der Waals surface area contributed by atoms with Gasteiger partial charge in [0.15, 0.2) is 0 Å². The predicted octanol–water partition coefficient (Wildman–Crippen LogP) is 2.19. The van der Waals surface area contributed by atoms with Gasteiger partial charge in [0.05, 0.1) is 12.0 Å². The van der Waals surface area contributed by atoms with Gasteiger partial charge < -0.3 is 10.5 Å². The monoisotopic (exact) mass is 255 g/mol. The molecule has 4 nitrogen and oxygen atoms in total. The van der Waals surface area contributed by atoms with Crippen molar-refractivity contribution in [1.82, 2.24) is 0 Å². The van der Waals surface area contributed by atoms with E-state index in [1.807, 2.05) is 18.2 Å². The van der Waals surface area contributed by atoms with E-state index >= 15 is 0 Å². The summed E-state index contributed by atoms with van der Waals surface area (Å²) in [5, 5.41) is 0. The van der Waals surface area contributed by atoms with Crippen LogP contribution in [0, 0.1) is 0 Å². The molecule has 0 atom stereocenters.